The molecule has 0 spiro atoms. The Bertz CT molecular complexity index is 693. The van der Waals surface area contributed by atoms with Gasteiger partial charge >= 0.3 is 0 Å². The van der Waals surface area contributed by atoms with Crippen LogP contribution in [-0.2, 0) is 4.79 Å². The SMILES string of the molecule is C[C@H]1CN(CC(=O)N2CCN(C)CC2)C[C@H]1NC(=O)c1cc(C2CC2)on1. The second-order valence-electron chi connectivity index (χ2n) is 8.32. The van der Waals surface area contributed by atoms with Gasteiger partial charge in [0.1, 0.15) is 5.76 Å². The molecule has 1 N–H and O–H groups in total. The van der Waals surface area contributed by atoms with E-state index in [-0.39, 0.29) is 17.9 Å². The minimum Gasteiger partial charge on any atom is -0.360 e. The molecule has 148 valence electrons. The summed E-state index contributed by atoms with van der Waals surface area (Å²) >= 11 is 0. The lowest BCUT2D eigenvalue weighted by Gasteiger charge is -2.33. The van der Waals surface area contributed by atoms with Gasteiger partial charge in [0.05, 0.1) is 6.54 Å². The minimum absolute atomic E-state index is 0.0267. The standard InChI is InChI=1S/C19H29N5O3/c1-13-10-23(12-18(25)24-7-5-22(2)6-8-24)11-16(13)20-19(26)15-9-17(27-21-15)14-3-4-14/h9,13-14,16H,3-8,10-12H2,1-2H3,(H,20,26)/t13-,16+/m0/s1. The van der Waals surface area contributed by atoms with Gasteiger partial charge in [-0.15, -0.1) is 0 Å². The molecule has 3 aliphatic rings. The van der Waals surface area contributed by atoms with Crippen LogP contribution in [0.5, 0.6) is 0 Å². The predicted octanol–water partition coefficient (Wildman–Crippen LogP) is 0.376. The lowest BCUT2D eigenvalue weighted by atomic mass is 10.1. The molecule has 1 aromatic heterocycles. The number of carbonyl (C=O) groups excluding carboxylic acids is 2. The summed E-state index contributed by atoms with van der Waals surface area (Å²) in [5.74, 6) is 1.56. The van der Waals surface area contributed by atoms with Crippen LogP contribution in [0.3, 0.4) is 0 Å². The van der Waals surface area contributed by atoms with Gasteiger partial charge in [-0.1, -0.05) is 12.1 Å². The first-order valence-electron chi connectivity index (χ1n) is 9.95. The van der Waals surface area contributed by atoms with E-state index < -0.39 is 0 Å². The molecule has 1 aliphatic carbocycles. The zero-order valence-electron chi connectivity index (χ0n) is 16.2. The summed E-state index contributed by atoms with van der Waals surface area (Å²) in [7, 11) is 2.08. The number of piperazine rings is 1. The predicted molar refractivity (Wildman–Crippen MR) is 99.4 cm³/mol. The van der Waals surface area contributed by atoms with Crippen LogP contribution in [0, 0.1) is 5.92 Å². The second kappa shape index (κ2) is 7.59. The van der Waals surface area contributed by atoms with Crippen LogP contribution in [0.25, 0.3) is 0 Å². The molecule has 8 nitrogen and oxygen atoms in total. The zero-order valence-corrected chi connectivity index (χ0v) is 16.2. The second-order valence-corrected chi connectivity index (χ2v) is 8.32. The van der Waals surface area contributed by atoms with E-state index in [0.717, 1.165) is 51.3 Å². The molecule has 27 heavy (non-hydrogen) atoms. The summed E-state index contributed by atoms with van der Waals surface area (Å²) < 4.78 is 5.27. The normalized spacial score (nSPS) is 27.1. The van der Waals surface area contributed by atoms with Gasteiger partial charge in [0.15, 0.2) is 5.69 Å². The number of likely N-dealkylation sites (N-methyl/N-ethyl adjacent to an activating group) is 1. The largest absolute Gasteiger partial charge is 0.360 e. The van der Waals surface area contributed by atoms with Crippen LogP contribution in [-0.4, -0.2) is 90.6 Å². The minimum atomic E-state index is -0.185. The van der Waals surface area contributed by atoms with Crippen LogP contribution in [0.4, 0.5) is 0 Å². The first-order chi connectivity index (χ1) is 13.0. The molecule has 8 heteroatoms. The lowest BCUT2D eigenvalue weighted by molar-refractivity contribution is -0.133. The van der Waals surface area contributed by atoms with Crippen molar-refractivity contribution in [1.29, 1.82) is 0 Å². The van der Waals surface area contributed by atoms with Crippen LogP contribution >= 0.6 is 0 Å². The van der Waals surface area contributed by atoms with Gasteiger partial charge < -0.3 is 19.6 Å². The highest BCUT2D eigenvalue weighted by atomic mass is 16.5. The van der Waals surface area contributed by atoms with Crippen molar-refractivity contribution in [3.8, 4) is 0 Å². The van der Waals surface area contributed by atoms with Crippen molar-refractivity contribution in [3.05, 3.63) is 17.5 Å². The van der Waals surface area contributed by atoms with E-state index in [1.165, 1.54) is 0 Å². The summed E-state index contributed by atoms with van der Waals surface area (Å²) in [6, 6.07) is 1.79. The number of aromatic nitrogens is 1. The molecule has 2 saturated heterocycles. The Morgan fingerprint density at radius 1 is 1.22 bits per heavy atom. The fourth-order valence-corrected chi connectivity index (χ4v) is 3.93. The van der Waals surface area contributed by atoms with E-state index in [1.807, 2.05) is 4.90 Å². The molecule has 2 amide bonds. The third-order valence-electron chi connectivity index (χ3n) is 5.96. The number of hydrogen-bond donors (Lipinski definition) is 1. The van der Waals surface area contributed by atoms with E-state index in [9.17, 15) is 9.59 Å². The molecule has 4 rings (SSSR count). The first kappa shape index (κ1) is 18.4. The lowest BCUT2D eigenvalue weighted by Crippen LogP contribution is -2.50. The van der Waals surface area contributed by atoms with Crippen molar-refractivity contribution in [2.75, 3.05) is 52.9 Å². The Morgan fingerprint density at radius 2 is 1.96 bits per heavy atom. The highest BCUT2D eigenvalue weighted by Gasteiger charge is 2.34. The van der Waals surface area contributed by atoms with Crippen molar-refractivity contribution in [2.45, 2.75) is 31.7 Å². The number of hydrogen-bond acceptors (Lipinski definition) is 6. The van der Waals surface area contributed by atoms with Gasteiger partial charge in [0, 0.05) is 57.3 Å². The van der Waals surface area contributed by atoms with Gasteiger partial charge in [-0.2, -0.15) is 0 Å². The maximum Gasteiger partial charge on any atom is 0.273 e. The molecule has 2 aliphatic heterocycles. The number of rotatable bonds is 5. The molecule has 3 fully saturated rings. The third-order valence-corrected chi connectivity index (χ3v) is 5.96. The van der Waals surface area contributed by atoms with Crippen LogP contribution in [0.2, 0.25) is 0 Å². The van der Waals surface area contributed by atoms with Gasteiger partial charge in [0.25, 0.3) is 5.91 Å². The molecule has 0 bridgehead atoms. The van der Waals surface area contributed by atoms with E-state index in [2.05, 4.69) is 34.2 Å². The summed E-state index contributed by atoms with van der Waals surface area (Å²) in [4.78, 5) is 31.4. The van der Waals surface area contributed by atoms with Gasteiger partial charge in [-0.3, -0.25) is 14.5 Å². The van der Waals surface area contributed by atoms with E-state index in [4.69, 9.17) is 4.52 Å². The Hall–Kier alpha value is -1.93. The van der Waals surface area contributed by atoms with Crippen molar-refractivity contribution in [1.82, 2.24) is 25.2 Å². The molecule has 1 aromatic rings. The first-order valence-corrected chi connectivity index (χ1v) is 9.95. The molecule has 1 saturated carbocycles. The Balaban J connectivity index is 1.27. The van der Waals surface area contributed by atoms with Crippen LogP contribution in [0.15, 0.2) is 10.6 Å². The molecule has 2 atom stereocenters. The van der Waals surface area contributed by atoms with Gasteiger partial charge in [-0.05, 0) is 25.8 Å². The smallest absolute Gasteiger partial charge is 0.273 e. The molecule has 3 heterocycles. The molecular formula is C19H29N5O3. The summed E-state index contributed by atoms with van der Waals surface area (Å²) in [6.45, 7) is 7.52. The number of nitrogens with zero attached hydrogens (tertiary/aromatic N) is 4. The number of likely N-dealkylation sites (tertiary alicyclic amines) is 1. The fourth-order valence-electron chi connectivity index (χ4n) is 3.93. The molecule has 0 aromatic carbocycles. The van der Waals surface area contributed by atoms with Crippen molar-refractivity contribution in [2.24, 2.45) is 5.92 Å². The highest BCUT2D eigenvalue weighted by Crippen LogP contribution is 2.40. The van der Waals surface area contributed by atoms with E-state index >= 15 is 0 Å². The monoisotopic (exact) mass is 375 g/mol. The Kier molecular flexibility index (Phi) is 5.19. The average Bonchev–Trinajstić information content (AvgIpc) is 3.27. The Labute approximate surface area is 159 Å². The van der Waals surface area contributed by atoms with Gasteiger partial charge in [-0.25, -0.2) is 0 Å². The number of nitrogens with one attached hydrogen (secondary N) is 1. The van der Waals surface area contributed by atoms with Crippen molar-refractivity contribution >= 4 is 11.8 Å². The van der Waals surface area contributed by atoms with E-state index in [1.54, 1.807) is 6.07 Å². The Morgan fingerprint density at radius 3 is 2.67 bits per heavy atom. The number of carbonyl (C=O) groups is 2. The van der Waals surface area contributed by atoms with Gasteiger partial charge in [0.2, 0.25) is 5.91 Å². The summed E-state index contributed by atoms with van der Waals surface area (Å²) in [5, 5.41) is 6.99. The molecular weight excluding hydrogens is 346 g/mol. The molecule has 0 radical (unpaired) electrons. The summed E-state index contributed by atoms with van der Waals surface area (Å²) in [6.07, 6.45) is 2.23. The van der Waals surface area contributed by atoms with E-state index in [0.29, 0.717) is 30.6 Å². The fraction of sp³-hybridized carbons (Fsp3) is 0.737. The zero-order chi connectivity index (χ0) is 19.0. The molecule has 0 unspecified atom stereocenters. The van der Waals surface area contributed by atoms with Crippen LogP contribution in [0.1, 0.15) is 41.9 Å². The average molecular weight is 375 g/mol. The van der Waals surface area contributed by atoms with Crippen LogP contribution < -0.4 is 5.32 Å². The maximum absolute atomic E-state index is 12.5. The van der Waals surface area contributed by atoms with Crippen molar-refractivity contribution in [3.63, 3.8) is 0 Å². The quantitative estimate of drug-likeness (QED) is 0.801. The highest BCUT2D eigenvalue weighted by molar-refractivity contribution is 5.92. The number of amides is 2. The third kappa shape index (κ3) is 4.32. The summed E-state index contributed by atoms with van der Waals surface area (Å²) in [5.41, 5.74) is 0.357. The topological polar surface area (TPSA) is 81.9 Å². The maximum atomic E-state index is 12.5. The van der Waals surface area contributed by atoms with Crippen molar-refractivity contribution < 1.29 is 14.1 Å².